The van der Waals surface area contributed by atoms with Crippen molar-refractivity contribution in [2.75, 3.05) is 0 Å². The Bertz CT molecular complexity index is 587. The monoisotopic (exact) mass is 316 g/mol. The third-order valence-electron chi connectivity index (χ3n) is 3.41. The van der Waals surface area contributed by atoms with Gasteiger partial charge in [0.15, 0.2) is 11.4 Å². The third kappa shape index (κ3) is 4.34. The van der Waals surface area contributed by atoms with Crippen LogP contribution in [0.5, 0.6) is 5.75 Å². The molecule has 2 N–H and O–H groups in total. The number of phenolic OH excluding ortho intramolecular Hbond substituents is 1. The highest BCUT2D eigenvalue weighted by molar-refractivity contribution is 5.99. The number of hydrogen-bond acceptors (Lipinski definition) is 3. The van der Waals surface area contributed by atoms with Gasteiger partial charge in [-0.05, 0) is 32.4 Å². The van der Waals surface area contributed by atoms with Crippen molar-refractivity contribution in [2.24, 2.45) is 0 Å². The molecule has 0 aromatic heterocycles. The van der Waals surface area contributed by atoms with Crippen molar-refractivity contribution in [3.63, 3.8) is 0 Å². The minimum absolute atomic E-state index is 0.124. The van der Waals surface area contributed by atoms with E-state index in [-0.39, 0.29) is 23.3 Å². The summed E-state index contributed by atoms with van der Waals surface area (Å²) in [4.78, 5) is 12.0. The van der Waals surface area contributed by atoms with Crippen LogP contribution in [0.25, 0.3) is 0 Å². The first-order valence-electron chi connectivity index (χ1n) is 6.72. The quantitative estimate of drug-likeness (QED) is 0.639. The van der Waals surface area contributed by atoms with E-state index in [0.29, 0.717) is 12.5 Å². The summed E-state index contributed by atoms with van der Waals surface area (Å²) >= 11 is 0. The van der Waals surface area contributed by atoms with E-state index in [1.54, 1.807) is 19.1 Å². The standard InChI is InChI=1S/C16H19F3O3/c1-10(9-15(3,22)16(17,18)19)7-8-13(20)12-6-4-5-11(2)14(12)21/h4-7,21-22H,8-9H2,1-3H3/b10-7-. The number of phenols is 1. The molecule has 6 heteroatoms. The van der Waals surface area contributed by atoms with Crippen LogP contribution in [0.2, 0.25) is 0 Å². The Balaban J connectivity index is 2.80. The van der Waals surface area contributed by atoms with Crippen molar-refractivity contribution in [3.8, 4) is 5.75 Å². The van der Waals surface area contributed by atoms with Crippen LogP contribution in [0.4, 0.5) is 13.2 Å². The van der Waals surface area contributed by atoms with E-state index in [9.17, 15) is 28.2 Å². The fourth-order valence-electron chi connectivity index (χ4n) is 1.98. The molecule has 1 aromatic carbocycles. The largest absolute Gasteiger partial charge is 0.507 e. The van der Waals surface area contributed by atoms with Crippen LogP contribution in [-0.4, -0.2) is 27.8 Å². The van der Waals surface area contributed by atoms with Gasteiger partial charge in [-0.3, -0.25) is 4.79 Å². The van der Waals surface area contributed by atoms with E-state index in [1.807, 2.05) is 0 Å². The van der Waals surface area contributed by atoms with Gasteiger partial charge in [-0.15, -0.1) is 0 Å². The number of alkyl halides is 3. The maximum absolute atomic E-state index is 12.6. The van der Waals surface area contributed by atoms with Crippen LogP contribution in [0, 0.1) is 6.92 Å². The number of allylic oxidation sites excluding steroid dienone is 1. The number of hydrogen-bond donors (Lipinski definition) is 2. The molecule has 1 aromatic rings. The minimum atomic E-state index is -4.74. The molecular weight excluding hydrogens is 297 g/mol. The van der Waals surface area contributed by atoms with Crippen LogP contribution in [0.1, 0.15) is 42.6 Å². The van der Waals surface area contributed by atoms with E-state index in [4.69, 9.17) is 0 Å². The normalized spacial score (nSPS) is 15.5. The molecule has 0 heterocycles. The average Bonchev–Trinajstić information content (AvgIpc) is 2.37. The Morgan fingerprint density at radius 3 is 2.45 bits per heavy atom. The lowest BCUT2D eigenvalue weighted by atomic mass is 9.95. The zero-order valence-electron chi connectivity index (χ0n) is 12.7. The first-order valence-corrected chi connectivity index (χ1v) is 6.72. The van der Waals surface area contributed by atoms with Crippen LogP contribution >= 0.6 is 0 Å². The second kappa shape index (κ2) is 6.52. The highest BCUT2D eigenvalue weighted by atomic mass is 19.4. The summed E-state index contributed by atoms with van der Waals surface area (Å²) in [6, 6.07) is 4.72. The Morgan fingerprint density at radius 1 is 1.32 bits per heavy atom. The number of benzene rings is 1. The van der Waals surface area contributed by atoms with Crippen molar-refractivity contribution in [2.45, 2.75) is 45.4 Å². The summed E-state index contributed by atoms with van der Waals surface area (Å²) in [7, 11) is 0. The van der Waals surface area contributed by atoms with Crippen molar-refractivity contribution >= 4 is 5.78 Å². The molecule has 0 bridgehead atoms. The highest BCUT2D eigenvalue weighted by Crippen LogP contribution is 2.34. The van der Waals surface area contributed by atoms with Gasteiger partial charge in [-0.25, -0.2) is 0 Å². The Hall–Kier alpha value is -1.82. The number of Topliss-reactive ketones (excluding diaryl/α,β-unsaturated/α-hetero) is 1. The molecule has 0 saturated carbocycles. The molecule has 0 radical (unpaired) electrons. The van der Waals surface area contributed by atoms with Gasteiger partial charge >= 0.3 is 6.18 Å². The fraction of sp³-hybridized carbons (Fsp3) is 0.438. The molecule has 22 heavy (non-hydrogen) atoms. The van der Waals surface area contributed by atoms with Gasteiger partial charge in [0.2, 0.25) is 0 Å². The molecule has 1 rings (SSSR count). The molecule has 0 spiro atoms. The van der Waals surface area contributed by atoms with Crippen molar-refractivity contribution in [1.82, 2.24) is 0 Å². The van der Waals surface area contributed by atoms with E-state index < -0.39 is 24.0 Å². The second-order valence-corrected chi connectivity index (χ2v) is 5.60. The minimum Gasteiger partial charge on any atom is -0.507 e. The van der Waals surface area contributed by atoms with Gasteiger partial charge in [0.05, 0.1) is 5.56 Å². The topological polar surface area (TPSA) is 57.5 Å². The lowest BCUT2D eigenvalue weighted by Crippen LogP contribution is -2.42. The van der Waals surface area contributed by atoms with Crippen molar-refractivity contribution in [1.29, 1.82) is 0 Å². The Kier molecular flexibility index (Phi) is 5.40. The molecule has 1 atom stereocenters. The zero-order valence-corrected chi connectivity index (χ0v) is 12.7. The van der Waals surface area contributed by atoms with E-state index in [1.165, 1.54) is 19.1 Å². The summed E-state index contributed by atoms with van der Waals surface area (Å²) in [6.07, 6.45) is -4.15. The number of carbonyl (C=O) groups excluding carboxylic acids is 1. The highest BCUT2D eigenvalue weighted by Gasteiger charge is 2.49. The maximum Gasteiger partial charge on any atom is 0.417 e. The van der Waals surface area contributed by atoms with Crippen LogP contribution in [-0.2, 0) is 0 Å². The molecule has 0 amide bonds. The predicted octanol–water partition coefficient (Wildman–Crippen LogP) is 3.92. The first kappa shape index (κ1) is 18.2. The zero-order chi connectivity index (χ0) is 17.1. The van der Waals surface area contributed by atoms with Crippen LogP contribution in [0.15, 0.2) is 29.8 Å². The molecule has 0 aliphatic carbocycles. The lowest BCUT2D eigenvalue weighted by molar-refractivity contribution is -0.252. The Morgan fingerprint density at radius 2 is 1.91 bits per heavy atom. The van der Waals surface area contributed by atoms with Gasteiger partial charge in [0.1, 0.15) is 5.75 Å². The summed E-state index contributed by atoms with van der Waals surface area (Å²) in [5.41, 5.74) is -1.90. The number of rotatable bonds is 5. The van der Waals surface area contributed by atoms with Gasteiger partial charge < -0.3 is 10.2 Å². The molecule has 3 nitrogen and oxygen atoms in total. The lowest BCUT2D eigenvalue weighted by Gasteiger charge is -2.26. The van der Waals surface area contributed by atoms with Crippen LogP contribution < -0.4 is 0 Å². The molecule has 0 aliphatic rings. The van der Waals surface area contributed by atoms with Crippen LogP contribution in [0.3, 0.4) is 0 Å². The molecule has 0 saturated heterocycles. The summed E-state index contributed by atoms with van der Waals surface area (Å²) in [6.45, 7) is 3.76. The van der Waals surface area contributed by atoms with E-state index in [2.05, 4.69) is 0 Å². The van der Waals surface area contributed by atoms with Gasteiger partial charge in [-0.1, -0.05) is 23.8 Å². The van der Waals surface area contributed by atoms with Gasteiger partial charge in [0, 0.05) is 12.8 Å². The number of halogens is 3. The van der Waals surface area contributed by atoms with E-state index >= 15 is 0 Å². The summed E-state index contributed by atoms with van der Waals surface area (Å²) < 4.78 is 37.7. The number of carbonyl (C=O) groups is 1. The molecule has 122 valence electrons. The molecule has 0 fully saturated rings. The second-order valence-electron chi connectivity index (χ2n) is 5.60. The van der Waals surface area contributed by atoms with Crippen molar-refractivity contribution in [3.05, 3.63) is 41.0 Å². The number of aryl methyl sites for hydroxylation is 1. The molecule has 1 unspecified atom stereocenters. The summed E-state index contributed by atoms with van der Waals surface area (Å²) in [5, 5.41) is 19.2. The number of aromatic hydroxyl groups is 1. The third-order valence-corrected chi connectivity index (χ3v) is 3.41. The maximum atomic E-state index is 12.6. The van der Waals surface area contributed by atoms with Gasteiger partial charge in [-0.2, -0.15) is 13.2 Å². The summed E-state index contributed by atoms with van der Waals surface area (Å²) in [5.74, 6) is -0.520. The number of para-hydroxylation sites is 1. The van der Waals surface area contributed by atoms with E-state index in [0.717, 1.165) is 0 Å². The molecule has 0 aliphatic heterocycles. The predicted molar refractivity (Wildman–Crippen MR) is 76.8 cm³/mol. The van der Waals surface area contributed by atoms with Crippen molar-refractivity contribution < 1.29 is 28.2 Å². The number of aliphatic hydroxyl groups is 1. The average molecular weight is 316 g/mol. The smallest absolute Gasteiger partial charge is 0.417 e. The SMILES string of the molecule is C/C(=C/CC(=O)c1cccc(C)c1O)CC(C)(O)C(F)(F)F. The fourth-order valence-corrected chi connectivity index (χ4v) is 1.98. The Labute approximate surface area is 127 Å². The van der Waals surface area contributed by atoms with Gasteiger partial charge in [0.25, 0.3) is 0 Å². The first-order chi connectivity index (χ1) is 9.95. The number of ketones is 1. The molecular formula is C16H19F3O3.